The van der Waals surface area contributed by atoms with Crippen molar-refractivity contribution in [3.8, 4) is 46.0 Å². The summed E-state index contributed by atoms with van der Waals surface area (Å²) >= 11 is 0. The molecule has 12 heteroatoms. The molecule has 0 radical (unpaired) electrons. The van der Waals surface area contributed by atoms with Crippen LogP contribution < -0.4 is 57.5 Å². The standard InChI is InChI=1S/C95H84N4O8/c1-100-86-49-33-78(34-50-86)96(79-35-51-87(101-2)52-36-79)74-25-17-70(18-26-74)94(71-19-27-75(28-20-71)97(80-37-53-88(102-3)54-38-80)81-39-55-89(103-4)56-40-81)68-13-9-66(10-14-68)65-67-11-15-69(16-12-67)95(72-21-29-76(30-22-72)98(82-41-57-90(104-5)58-42-82)83-43-59-91(105-6)60-44-83)73-23-31-77(32-24-73)99(84-45-61-92(106-7)62-46-84)85-47-63-93(107-8)64-48-85/h9-64,94-95H,65H2,1-8H3. The SMILES string of the molecule is COc1ccc(N(c2ccc(OC)cc2)c2ccc(C(c3ccc(Cc4ccc(C(c5ccc(N(c6ccc(OC)cc6)c6ccc(OC)cc6)cc5)c5ccc(N(c6ccc(OC)cc6)c6ccc(OC)cc6)cc5)cc4)cc3)c3ccc(N(c4ccc(OC)cc4)c4ccc(OC)cc4)cc3)cc2)cc1. The Morgan fingerprint density at radius 2 is 0.271 bits per heavy atom. The Bertz CT molecular complexity index is 4340. The summed E-state index contributed by atoms with van der Waals surface area (Å²) in [5, 5.41) is 0. The molecule has 0 aliphatic carbocycles. The first kappa shape index (κ1) is 70.7. The van der Waals surface area contributed by atoms with Gasteiger partial charge in [0.1, 0.15) is 46.0 Å². The molecule has 0 spiro atoms. The molecule has 532 valence electrons. The van der Waals surface area contributed by atoms with Gasteiger partial charge in [-0.2, -0.15) is 0 Å². The number of anilines is 12. The number of hydrogen-bond acceptors (Lipinski definition) is 12. The summed E-state index contributed by atoms with van der Waals surface area (Å²) in [5.74, 6) is 6.05. The van der Waals surface area contributed by atoms with E-state index in [0.717, 1.165) is 143 Å². The quantitative estimate of drug-likeness (QED) is 0.0438. The molecule has 0 aliphatic heterocycles. The zero-order valence-electron chi connectivity index (χ0n) is 61.2. The van der Waals surface area contributed by atoms with Crippen molar-refractivity contribution in [1.82, 2.24) is 0 Å². The van der Waals surface area contributed by atoms with E-state index in [0.29, 0.717) is 0 Å². The zero-order valence-corrected chi connectivity index (χ0v) is 61.2. The molecule has 0 unspecified atom stereocenters. The zero-order chi connectivity index (χ0) is 73.6. The van der Waals surface area contributed by atoms with Crippen LogP contribution in [0.2, 0.25) is 0 Å². The maximum Gasteiger partial charge on any atom is 0.119 e. The highest BCUT2D eigenvalue weighted by Gasteiger charge is 2.25. The van der Waals surface area contributed by atoms with E-state index in [1.54, 1.807) is 56.9 Å². The molecule has 0 heterocycles. The smallest absolute Gasteiger partial charge is 0.119 e. The van der Waals surface area contributed by atoms with Crippen molar-refractivity contribution in [3.05, 3.63) is 384 Å². The molecule has 0 aromatic heterocycles. The van der Waals surface area contributed by atoms with Gasteiger partial charge in [-0.25, -0.2) is 0 Å². The molecule has 0 amide bonds. The Morgan fingerprint density at radius 3 is 0.393 bits per heavy atom. The first-order valence-corrected chi connectivity index (χ1v) is 35.5. The molecule has 0 bridgehead atoms. The number of methoxy groups -OCH3 is 8. The lowest BCUT2D eigenvalue weighted by Crippen LogP contribution is -2.11. The lowest BCUT2D eigenvalue weighted by Gasteiger charge is -2.28. The van der Waals surface area contributed by atoms with E-state index in [1.807, 2.05) is 97.1 Å². The summed E-state index contributed by atoms with van der Waals surface area (Å²) in [6.07, 6.45) is 0.737. The molecule has 0 saturated carbocycles. The van der Waals surface area contributed by atoms with E-state index in [-0.39, 0.29) is 11.8 Å². The van der Waals surface area contributed by atoms with Gasteiger partial charge in [0.05, 0.1) is 56.9 Å². The predicted molar refractivity (Wildman–Crippen MR) is 434 cm³/mol. The van der Waals surface area contributed by atoms with E-state index in [1.165, 1.54) is 22.3 Å². The molecular formula is C95H84N4O8. The fraction of sp³-hybridized carbons (Fsp3) is 0.116. The molecule has 0 N–H and O–H groups in total. The summed E-state index contributed by atoms with van der Waals surface area (Å²) in [4.78, 5) is 9.01. The van der Waals surface area contributed by atoms with Gasteiger partial charge in [-0.3, -0.25) is 0 Å². The third kappa shape index (κ3) is 15.9. The molecule has 14 aromatic carbocycles. The van der Waals surface area contributed by atoms with Gasteiger partial charge in [-0.1, -0.05) is 97.1 Å². The van der Waals surface area contributed by atoms with Crippen molar-refractivity contribution in [2.24, 2.45) is 0 Å². The first-order valence-electron chi connectivity index (χ1n) is 35.5. The maximum atomic E-state index is 5.59. The summed E-state index contributed by atoms with van der Waals surface area (Å²) in [6, 6.07) is 120. The third-order valence-corrected chi connectivity index (χ3v) is 19.6. The number of rotatable bonds is 28. The Balaban J connectivity index is 0.803. The molecule has 0 saturated heterocycles. The number of hydrogen-bond donors (Lipinski definition) is 0. The summed E-state index contributed by atoms with van der Waals surface area (Å²) in [7, 11) is 13.5. The van der Waals surface area contributed by atoms with Gasteiger partial charge in [0, 0.05) is 80.1 Å². The first-order chi connectivity index (χ1) is 52.6. The van der Waals surface area contributed by atoms with Crippen LogP contribution in [0.4, 0.5) is 68.2 Å². The Kier molecular flexibility index (Phi) is 21.8. The molecule has 0 fully saturated rings. The number of benzene rings is 14. The van der Waals surface area contributed by atoms with Crippen LogP contribution in [0.25, 0.3) is 0 Å². The van der Waals surface area contributed by atoms with E-state index < -0.39 is 0 Å². The summed E-state index contributed by atoms with van der Waals surface area (Å²) in [6.45, 7) is 0. The third-order valence-electron chi connectivity index (χ3n) is 19.6. The molecule has 12 nitrogen and oxygen atoms in total. The average molecular weight is 1410 g/mol. The van der Waals surface area contributed by atoms with Crippen LogP contribution in [0.3, 0.4) is 0 Å². The Morgan fingerprint density at radius 1 is 0.159 bits per heavy atom. The van der Waals surface area contributed by atoms with Crippen molar-refractivity contribution in [2.45, 2.75) is 18.3 Å². The van der Waals surface area contributed by atoms with E-state index in [4.69, 9.17) is 37.9 Å². The topological polar surface area (TPSA) is 86.8 Å². The molecule has 107 heavy (non-hydrogen) atoms. The van der Waals surface area contributed by atoms with Crippen LogP contribution in [0.5, 0.6) is 46.0 Å². The van der Waals surface area contributed by atoms with Crippen molar-refractivity contribution < 1.29 is 37.9 Å². The highest BCUT2D eigenvalue weighted by molar-refractivity contribution is 5.82. The van der Waals surface area contributed by atoms with Crippen molar-refractivity contribution in [1.29, 1.82) is 0 Å². The van der Waals surface area contributed by atoms with Crippen LogP contribution in [0.15, 0.2) is 340 Å². The monoisotopic (exact) mass is 1410 g/mol. The molecule has 14 rings (SSSR count). The van der Waals surface area contributed by atoms with E-state index in [9.17, 15) is 0 Å². The molecule has 0 atom stereocenters. The van der Waals surface area contributed by atoms with Crippen LogP contribution >= 0.6 is 0 Å². The van der Waals surface area contributed by atoms with Gasteiger partial charge in [0.25, 0.3) is 0 Å². The van der Waals surface area contributed by atoms with Gasteiger partial charge in [-0.05, 0) is 294 Å². The lowest BCUT2D eigenvalue weighted by atomic mass is 9.83. The second-order valence-corrected chi connectivity index (χ2v) is 25.8. The van der Waals surface area contributed by atoms with E-state index >= 15 is 0 Å². The average Bonchev–Trinajstić information content (AvgIpc) is 0.792. The van der Waals surface area contributed by atoms with Crippen molar-refractivity contribution in [2.75, 3.05) is 76.5 Å². The largest absolute Gasteiger partial charge is 0.497 e. The number of ether oxygens (including phenoxy) is 8. The van der Waals surface area contributed by atoms with Gasteiger partial charge >= 0.3 is 0 Å². The minimum atomic E-state index is -0.127. The maximum absolute atomic E-state index is 5.59. The lowest BCUT2D eigenvalue weighted by molar-refractivity contribution is 0.414. The Hall–Kier alpha value is -13.3. The van der Waals surface area contributed by atoms with Crippen molar-refractivity contribution >= 4 is 68.2 Å². The van der Waals surface area contributed by atoms with Crippen LogP contribution in [-0.4, -0.2) is 56.9 Å². The fourth-order valence-electron chi connectivity index (χ4n) is 13.9. The van der Waals surface area contributed by atoms with Gasteiger partial charge in [-0.15, -0.1) is 0 Å². The number of nitrogens with zero attached hydrogens (tertiary/aromatic N) is 4. The Labute approximate surface area is 627 Å². The van der Waals surface area contributed by atoms with Gasteiger partial charge in [0.2, 0.25) is 0 Å². The second kappa shape index (κ2) is 33.0. The van der Waals surface area contributed by atoms with Crippen LogP contribution in [0.1, 0.15) is 56.3 Å². The minimum absolute atomic E-state index is 0.127. The highest BCUT2D eigenvalue weighted by Crippen LogP contribution is 2.45. The second-order valence-electron chi connectivity index (χ2n) is 25.8. The van der Waals surface area contributed by atoms with Crippen LogP contribution in [0, 0.1) is 0 Å². The van der Waals surface area contributed by atoms with Crippen molar-refractivity contribution in [3.63, 3.8) is 0 Å². The fourth-order valence-corrected chi connectivity index (χ4v) is 13.9. The van der Waals surface area contributed by atoms with E-state index in [2.05, 4.69) is 262 Å². The molecule has 0 aliphatic rings. The molecular weight excluding hydrogens is 1330 g/mol. The summed E-state index contributed by atoms with van der Waals surface area (Å²) in [5.41, 5.74) is 21.3. The van der Waals surface area contributed by atoms with Gasteiger partial charge in [0.15, 0.2) is 0 Å². The normalized spacial score (nSPS) is 11.0. The summed E-state index contributed by atoms with van der Waals surface area (Å²) < 4.78 is 44.7. The van der Waals surface area contributed by atoms with Crippen LogP contribution in [-0.2, 0) is 6.42 Å². The minimum Gasteiger partial charge on any atom is -0.497 e. The molecule has 14 aromatic rings. The van der Waals surface area contributed by atoms with Gasteiger partial charge < -0.3 is 57.5 Å². The predicted octanol–water partition coefficient (Wildman–Crippen LogP) is 23.6. The highest BCUT2D eigenvalue weighted by atomic mass is 16.5.